The second-order valence-corrected chi connectivity index (χ2v) is 4.49. The number of benzene rings is 1. The van der Waals surface area contributed by atoms with Crippen LogP contribution in [0.4, 0.5) is 0 Å². The zero-order chi connectivity index (χ0) is 12.3. The van der Waals surface area contributed by atoms with Crippen LogP contribution in [0.15, 0.2) is 30.3 Å². The van der Waals surface area contributed by atoms with Crippen molar-refractivity contribution < 1.29 is 9.53 Å². The highest BCUT2D eigenvalue weighted by atomic mass is 16.5. The van der Waals surface area contributed by atoms with Crippen LogP contribution >= 0.6 is 0 Å². The molecule has 0 aromatic heterocycles. The minimum absolute atomic E-state index is 0.104. The van der Waals surface area contributed by atoms with Crippen LogP contribution in [0.25, 0.3) is 0 Å². The molecule has 0 spiro atoms. The number of hydrogen-bond acceptors (Lipinski definition) is 2. The SMILES string of the molecule is CC[C@@H]1COC(C)C(=O)N1Cc1ccccc1. The van der Waals surface area contributed by atoms with Gasteiger partial charge in [-0.1, -0.05) is 37.3 Å². The summed E-state index contributed by atoms with van der Waals surface area (Å²) in [5.41, 5.74) is 1.17. The number of carbonyl (C=O) groups excluding carboxylic acids is 1. The molecule has 3 heteroatoms. The molecule has 2 rings (SSSR count). The molecule has 1 aliphatic rings. The van der Waals surface area contributed by atoms with Gasteiger partial charge in [-0.15, -0.1) is 0 Å². The van der Waals surface area contributed by atoms with Gasteiger partial charge in [0.2, 0.25) is 0 Å². The smallest absolute Gasteiger partial charge is 0.252 e. The first-order chi connectivity index (χ1) is 8.22. The molecule has 0 bridgehead atoms. The van der Waals surface area contributed by atoms with Gasteiger partial charge in [-0.25, -0.2) is 0 Å². The Bertz CT molecular complexity index is 377. The Morgan fingerprint density at radius 2 is 2.06 bits per heavy atom. The lowest BCUT2D eigenvalue weighted by molar-refractivity contribution is -0.158. The number of hydrogen-bond donors (Lipinski definition) is 0. The van der Waals surface area contributed by atoms with Gasteiger partial charge in [-0.05, 0) is 18.9 Å². The van der Waals surface area contributed by atoms with Crippen molar-refractivity contribution >= 4 is 5.91 Å². The molecule has 1 aromatic rings. The maximum atomic E-state index is 12.1. The fourth-order valence-electron chi connectivity index (χ4n) is 2.16. The van der Waals surface area contributed by atoms with Crippen LogP contribution in [0.1, 0.15) is 25.8 Å². The van der Waals surface area contributed by atoms with Gasteiger partial charge in [-0.2, -0.15) is 0 Å². The molecule has 1 heterocycles. The van der Waals surface area contributed by atoms with Crippen LogP contribution in [0.5, 0.6) is 0 Å². The van der Waals surface area contributed by atoms with E-state index in [4.69, 9.17) is 4.74 Å². The molecule has 1 fully saturated rings. The molecule has 3 nitrogen and oxygen atoms in total. The van der Waals surface area contributed by atoms with Crippen LogP contribution < -0.4 is 0 Å². The van der Waals surface area contributed by atoms with Crippen molar-refractivity contribution in [3.05, 3.63) is 35.9 Å². The zero-order valence-corrected chi connectivity index (χ0v) is 10.4. The fraction of sp³-hybridized carbons (Fsp3) is 0.500. The highest BCUT2D eigenvalue weighted by Gasteiger charge is 2.32. The van der Waals surface area contributed by atoms with Gasteiger partial charge in [0.05, 0.1) is 12.6 Å². The molecular weight excluding hydrogens is 214 g/mol. The Morgan fingerprint density at radius 1 is 1.35 bits per heavy atom. The maximum Gasteiger partial charge on any atom is 0.252 e. The Labute approximate surface area is 102 Å². The summed E-state index contributed by atoms with van der Waals surface area (Å²) in [6.45, 7) is 5.25. The second kappa shape index (κ2) is 5.32. The first kappa shape index (κ1) is 12.1. The largest absolute Gasteiger partial charge is 0.367 e. The Hall–Kier alpha value is -1.35. The van der Waals surface area contributed by atoms with Crippen LogP contribution in [0.3, 0.4) is 0 Å². The quantitative estimate of drug-likeness (QED) is 0.801. The summed E-state index contributed by atoms with van der Waals surface area (Å²) in [7, 11) is 0. The molecule has 1 aliphatic heterocycles. The van der Waals surface area contributed by atoms with Crippen LogP contribution in [-0.2, 0) is 16.1 Å². The third-order valence-corrected chi connectivity index (χ3v) is 3.28. The van der Waals surface area contributed by atoms with E-state index in [0.717, 1.165) is 6.42 Å². The van der Waals surface area contributed by atoms with Crippen LogP contribution in [0.2, 0.25) is 0 Å². The van der Waals surface area contributed by atoms with E-state index in [9.17, 15) is 4.79 Å². The van der Waals surface area contributed by atoms with E-state index in [1.165, 1.54) is 5.56 Å². The molecule has 1 unspecified atom stereocenters. The predicted molar refractivity (Wildman–Crippen MR) is 66.5 cm³/mol. The molecule has 1 saturated heterocycles. The molecule has 92 valence electrons. The number of ether oxygens (including phenoxy) is 1. The summed E-state index contributed by atoms with van der Waals surface area (Å²) in [5, 5.41) is 0. The highest BCUT2D eigenvalue weighted by Crippen LogP contribution is 2.18. The molecule has 1 aromatic carbocycles. The van der Waals surface area contributed by atoms with E-state index in [1.807, 2.05) is 30.0 Å². The highest BCUT2D eigenvalue weighted by molar-refractivity contribution is 5.81. The monoisotopic (exact) mass is 233 g/mol. The fourth-order valence-corrected chi connectivity index (χ4v) is 2.16. The summed E-state index contributed by atoms with van der Waals surface area (Å²) >= 11 is 0. The average Bonchev–Trinajstić information content (AvgIpc) is 2.37. The van der Waals surface area contributed by atoms with Crippen molar-refractivity contribution in [2.24, 2.45) is 0 Å². The molecular formula is C14H19NO2. The van der Waals surface area contributed by atoms with Crippen LogP contribution in [-0.4, -0.2) is 29.6 Å². The number of rotatable bonds is 3. The third-order valence-electron chi connectivity index (χ3n) is 3.28. The van der Waals surface area contributed by atoms with Crippen LogP contribution in [0, 0.1) is 0 Å². The minimum atomic E-state index is -0.304. The van der Waals surface area contributed by atoms with Gasteiger partial charge in [0.25, 0.3) is 5.91 Å². The van der Waals surface area contributed by atoms with Gasteiger partial charge in [0.15, 0.2) is 0 Å². The van der Waals surface area contributed by atoms with Gasteiger partial charge in [0, 0.05) is 6.54 Å². The summed E-state index contributed by atoms with van der Waals surface area (Å²) in [4.78, 5) is 14.0. The van der Waals surface area contributed by atoms with E-state index in [-0.39, 0.29) is 18.1 Å². The molecule has 2 atom stereocenters. The normalized spacial score (nSPS) is 25.1. The average molecular weight is 233 g/mol. The standard InChI is InChI=1S/C14H19NO2/c1-3-13-10-17-11(2)14(16)15(13)9-12-7-5-4-6-8-12/h4-8,11,13H,3,9-10H2,1-2H3/t11?,13-/m1/s1. The Kier molecular flexibility index (Phi) is 3.79. The van der Waals surface area contributed by atoms with Gasteiger partial charge < -0.3 is 9.64 Å². The number of nitrogens with zero attached hydrogens (tertiary/aromatic N) is 1. The van der Waals surface area contributed by atoms with E-state index in [0.29, 0.717) is 13.2 Å². The first-order valence-corrected chi connectivity index (χ1v) is 6.18. The molecule has 0 saturated carbocycles. The summed E-state index contributed by atoms with van der Waals surface area (Å²) in [6, 6.07) is 10.3. The van der Waals surface area contributed by atoms with Gasteiger partial charge in [-0.3, -0.25) is 4.79 Å². The maximum absolute atomic E-state index is 12.1. The van der Waals surface area contributed by atoms with Gasteiger partial charge in [0.1, 0.15) is 6.10 Å². The van der Waals surface area contributed by atoms with Crippen molar-refractivity contribution in [2.45, 2.75) is 39.0 Å². The van der Waals surface area contributed by atoms with E-state index in [1.54, 1.807) is 0 Å². The molecule has 0 radical (unpaired) electrons. The number of amides is 1. The number of carbonyl (C=O) groups is 1. The predicted octanol–water partition coefficient (Wildman–Crippen LogP) is 2.21. The lowest BCUT2D eigenvalue weighted by atomic mass is 10.1. The van der Waals surface area contributed by atoms with Crippen molar-refractivity contribution in [1.82, 2.24) is 4.90 Å². The van der Waals surface area contributed by atoms with Crippen molar-refractivity contribution in [2.75, 3.05) is 6.61 Å². The topological polar surface area (TPSA) is 29.5 Å². The van der Waals surface area contributed by atoms with E-state index < -0.39 is 0 Å². The zero-order valence-electron chi connectivity index (χ0n) is 10.4. The second-order valence-electron chi connectivity index (χ2n) is 4.49. The number of morpholine rings is 1. The Morgan fingerprint density at radius 3 is 2.71 bits per heavy atom. The summed E-state index contributed by atoms with van der Waals surface area (Å²) in [6.07, 6.45) is 0.632. The third kappa shape index (κ3) is 2.67. The van der Waals surface area contributed by atoms with Crippen molar-refractivity contribution in [1.29, 1.82) is 0 Å². The first-order valence-electron chi connectivity index (χ1n) is 6.18. The lowest BCUT2D eigenvalue weighted by Gasteiger charge is -2.38. The van der Waals surface area contributed by atoms with E-state index >= 15 is 0 Å². The summed E-state index contributed by atoms with van der Waals surface area (Å²) in [5.74, 6) is 0.104. The van der Waals surface area contributed by atoms with Gasteiger partial charge >= 0.3 is 0 Å². The lowest BCUT2D eigenvalue weighted by Crippen LogP contribution is -2.52. The molecule has 0 N–H and O–H groups in total. The molecule has 1 amide bonds. The summed E-state index contributed by atoms with van der Waals surface area (Å²) < 4.78 is 5.47. The molecule has 0 aliphatic carbocycles. The Balaban J connectivity index is 2.13. The van der Waals surface area contributed by atoms with Crippen molar-refractivity contribution in [3.8, 4) is 0 Å². The van der Waals surface area contributed by atoms with E-state index in [2.05, 4.69) is 19.1 Å². The molecule has 17 heavy (non-hydrogen) atoms. The van der Waals surface area contributed by atoms with Crippen molar-refractivity contribution in [3.63, 3.8) is 0 Å². The minimum Gasteiger partial charge on any atom is -0.367 e.